The lowest BCUT2D eigenvalue weighted by atomic mass is 10.1. The molecule has 1 aromatic carbocycles. The van der Waals surface area contributed by atoms with E-state index in [1.54, 1.807) is 18.6 Å². The molecule has 1 aliphatic rings. The molecule has 0 spiro atoms. The predicted molar refractivity (Wildman–Crippen MR) is 108 cm³/mol. The Morgan fingerprint density at radius 3 is 2.71 bits per heavy atom. The molecule has 1 aliphatic heterocycles. The summed E-state index contributed by atoms with van der Waals surface area (Å²) < 4.78 is 0. The largest absolute Gasteiger partial charge is 0.494 e. The lowest BCUT2D eigenvalue weighted by Crippen LogP contribution is -2.08. The summed E-state index contributed by atoms with van der Waals surface area (Å²) in [4.78, 5) is 11.1. The zero-order valence-electron chi connectivity index (χ0n) is 14.7. The molecule has 6 heteroatoms. The number of nitrogens with one attached hydrogen (secondary N) is 1. The van der Waals surface area contributed by atoms with Gasteiger partial charge in [-0.2, -0.15) is 0 Å². The van der Waals surface area contributed by atoms with Gasteiger partial charge >= 0.3 is 0 Å². The Morgan fingerprint density at radius 1 is 0.929 bits per heavy atom. The van der Waals surface area contributed by atoms with E-state index in [0.717, 1.165) is 32.8 Å². The third-order valence-electron chi connectivity index (χ3n) is 4.60. The number of aromatic nitrogens is 3. The van der Waals surface area contributed by atoms with Crippen molar-refractivity contribution in [2.45, 2.75) is 0 Å². The smallest absolute Gasteiger partial charge is 0.198 e. The van der Waals surface area contributed by atoms with Crippen LogP contribution in [-0.4, -0.2) is 20.1 Å². The highest BCUT2D eigenvalue weighted by molar-refractivity contribution is 5.89. The van der Waals surface area contributed by atoms with Crippen LogP contribution in [-0.2, 0) is 0 Å². The maximum absolute atomic E-state index is 10.2. The van der Waals surface area contributed by atoms with E-state index < -0.39 is 0 Å². The summed E-state index contributed by atoms with van der Waals surface area (Å²) in [6.45, 7) is 0. The molecule has 0 radical (unpaired) electrons. The summed E-state index contributed by atoms with van der Waals surface area (Å²) in [7, 11) is 0. The van der Waals surface area contributed by atoms with Gasteiger partial charge in [0, 0.05) is 34.8 Å². The maximum atomic E-state index is 10.2. The fourth-order valence-corrected chi connectivity index (χ4v) is 3.21. The molecule has 4 aromatic rings. The van der Waals surface area contributed by atoms with Gasteiger partial charge < -0.3 is 10.1 Å². The zero-order valence-corrected chi connectivity index (χ0v) is 14.7. The van der Waals surface area contributed by atoms with Crippen molar-refractivity contribution in [3.05, 3.63) is 88.7 Å². The van der Waals surface area contributed by atoms with Crippen LogP contribution in [0.4, 0.5) is 5.69 Å². The lowest BCUT2D eigenvalue weighted by molar-refractivity contribution is 0.457. The van der Waals surface area contributed by atoms with Crippen LogP contribution in [0, 0.1) is 0 Å². The van der Waals surface area contributed by atoms with Gasteiger partial charge in [0.05, 0.1) is 11.4 Å². The number of rotatable bonds is 3. The highest BCUT2D eigenvalue weighted by Crippen LogP contribution is 2.26. The number of H-pyrrole nitrogens is 1. The van der Waals surface area contributed by atoms with Crippen molar-refractivity contribution in [3.8, 4) is 5.88 Å². The van der Waals surface area contributed by atoms with Crippen molar-refractivity contribution in [1.29, 1.82) is 0 Å². The Hall–Kier alpha value is -4.06. The summed E-state index contributed by atoms with van der Waals surface area (Å²) >= 11 is 0. The normalized spacial score (nSPS) is 13.7. The van der Waals surface area contributed by atoms with E-state index in [9.17, 15) is 5.11 Å². The van der Waals surface area contributed by atoms with E-state index in [4.69, 9.17) is 0 Å². The van der Waals surface area contributed by atoms with Gasteiger partial charge in [-0.15, -0.1) is 10.2 Å². The van der Waals surface area contributed by atoms with Crippen molar-refractivity contribution >= 4 is 34.6 Å². The average molecular weight is 365 g/mol. The first-order valence-corrected chi connectivity index (χ1v) is 8.79. The monoisotopic (exact) mass is 365 g/mol. The third-order valence-corrected chi connectivity index (χ3v) is 4.60. The Balaban J connectivity index is 1.56. The second-order valence-corrected chi connectivity index (χ2v) is 6.41. The second-order valence-electron chi connectivity index (χ2n) is 6.41. The topological polar surface area (TPSA) is 86.5 Å². The van der Waals surface area contributed by atoms with Crippen LogP contribution in [0.5, 0.6) is 5.88 Å². The first kappa shape index (κ1) is 16.1. The van der Waals surface area contributed by atoms with E-state index in [1.165, 1.54) is 0 Å². The first-order valence-electron chi connectivity index (χ1n) is 8.79. The Bertz CT molecular complexity index is 1370. The van der Waals surface area contributed by atoms with E-state index in [-0.39, 0.29) is 5.88 Å². The number of nitrogens with zero attached hydrogens (tertiary/aromatic N) is 4. The van der Waals surface area contributed by atoms with E-state index in [2.05, 4.69) is 25.2 Å². The van der Waals surface area contributed by atoms with Gasteiger partial charge in [0.1, 0.15) is 5.65 Å². The molecular formula is C22H15N5O. The molecule has 0 bridgehead atoms. The summed E-state index contributed by atoms with van der Waals surface area (Å²) in [5, 5.41) is 21.6. The molecule has 0 atom stereocenters. The molecule has 6 nitrogen and oxygen atoms in total. The maximum Gasteiger partial charge on any atom is 0.198 e. The Kier molecular flexibility index (Phi) is 3.80. The molecule has 28 heavy (non-hydrogen) atoms. The van der Waals surface area contributed by atoms with Gasteiger partial charge in [0.2, 0.25) is 0 Å². The van der Waals surface area contributed by atoms with Crippen LogP contribution in [0.2, 0.25) is 0 Å². The molecule has 5 rings (SSSR count). The lowest BCUT2D eigenvalue weighted by Gasteiger charge is -1.94. The van der Waals surface area contributed by atoms with Crippen molar-refractivity contribution in [3.63, 3.8) is 0 Å². The van der Waals surface area contributed by atoms with Gasteiger partial charge in [-0.3, -0.25) is 4.98 Å². The standard InChI is InChI=1S/C22H15N5O/c28-22-18(16-2-1-9-24-21(16)25-22)12-15-3-5-17-19(26-27-20(17)13-15)6-4-14-7-10-23-11-8-14/h1-13,28H,(H,24,25)/b6-4+,15-12?. The van der Waals surface area contributed by atoms with Gasteiger partial charge in [0.25, 0.3) is 0 Å². The Labute approximate surface area is 160 Å². The number of benzene rings is 1. The SMILES string of the molecule is Oc1[nH]c2ncccc2c1C=c1ccc2c(c1)N=NC=2/C=C/c1ccncc1. The number of fused-ring (bicyclic) bond motifs is 2. The summed E-state index contributed by atoms with van der Waals surface area (Å²) in [5.74, 6) is 0.100. The molecule has 0 saturated heterocycles. The number of hydrogen-bond donors (Lipinski definition) is 2. The minimum absolute atomic E-state index is 0.100. The summed E-state index contributed by atoms with van der Waals surface area (Å²) in [6, 6.07) is 13.6. The van der Waals surface area contributed by atoms with Crippen LogP contribution in [0.15, 0.2) is 77.4 Å². The van der Waals surface area contributed by atoms with Crippen molar-refractivity contribution in [1.82, 2.24) is 15.0 Å². The zero-order chi connectivity index (χ0) is 18.9. The van der Waals surface area contributed by atoms with Crippen LogP contribution in [0.1, 0.15) is 11.1 Å². The minimum atomic E-state index is 0.100. The first-order chi connectivity index (χ1) is 13.8. The molecular weight excluding hydrogens is 350 g/mol. The van der Waals surface area contributed by atoms with Gasteiger partial charge in [-0.1, -0.05) is 12.1 Å². The molecule has 134 valence electrons. The van der Waals surface area contributed by atoms with Crippen LogP contribution >= 0.6 is 0 Å². The van der Waals surface area contributed by atoms with Gasteiger partial charge in [0.15, 0.2) is 5.88 Å². The Morgan fingerprint density at radius 2 is 1.82 bits per heavy atom. The fraction of sp³-hybridized carbons (Fsp3) is 0. The number of hydrogen-bond acceptors (Lipinski definition) is 5. The minimum Gasteiger partial charge on any atom is -0.494 e. The van der Waals surface area contributed by atoms with E-state index in [0.29, 0.717) is 11.2 Å². The van der Waals surface area contributed by atoms with E-state index >= 15 is 0 Å². The van der Waals surface area contributed by atoms with Gasteiger partial charge in [-0.05, 0) is 59.3 Å². The summed E-state index contributed by atoms with van der Waals surface area (Å²) in [6.07, 6.45) is 11.1. The predicted octanol–water partition coefficient (Wildman–Crippen LogP) is 3.41. The number of aromatic hydroxyl groups is 1. The highest BCUT2D eigenvalue weighted by atomic mass is 16.3. The fourth-order valence-electron chi connectivity index (χ4n) is 3.21. The quantitative estimate of drug-likeness (QED) is 0.583. The molecule has 0 amide bonds. The molecule has 0 unspecified atom stereocenters. The number of aromatic amines is 1. The average Bonchev–Trinajstić information content (AvgIpc) is 3.28. The molecule has 0 aliphatic carbocycles. The third kappa shape index (κ3) is 2.87. The second kappa shape index (κ2) is 6.59. The molecule has 2 N–H and O–H groups in total. The van der Waals surface area contributed by atoms with Crippen molar-refractivity contribution in [2.75, 3.05) is 0 Å². The van der Waals surface area contributed by atoms with Gasteiger partial charge in [-0.25, -0.2) is 4.98 Å². The highest BCUT2D eigenvalue weighted by Gasteiger charge is 2.10. The van der Waals surface area contributed by atoms with Crippen LogP contribution in [0.25, 0.3) is 28.9 Å². The number of pyridine rings is 2. The van der Waals surface area contributed by atoms with Crippen molar-refractivity contribution in [2.24, 2.45) is 10.2 Å². The van der Waals surface area contributed by atoms with Crippen LogP contribution < -0.4 is 10.4 Å². The van der Waals surface area contributed by atoms with Crippen LogP contribution in [0.3, 0.4) is 0 Å². The van der Waals surface area contributed by atoms with E-state index in [1.807, 2.05) is 60.7 Å². The number of azo groups is 1. The molecule has 0 fully saturated rings. The summed E-state index contributed by atoms with van der Waals surface area (Å²) in [5.41, 5.74) is 4.04. The molecule has 0 saturated carbocycles. The van der Waals surface area contributed by atoms with Crippen molar-refractivity contribution < 1.29 is 5.11 Å². The molecule has 4 heterocycles. The molecule has 3 aromatic heterocycles.